The van der Waals surface area contributed by atoms with Crippen molar-refractivity contribution in [3.05, 3.63) is 51.9 Å². The lowest BCUT2D eigenvalue weighted by Gasteiger charge is -2.09. The summed E-state index contributed by atoms with van der Waals surface area (Å²) in [5.41, 5.74) is 3.04. The third-order valence-electron chi connectivity index (χ3n) is 5.58. The number of aryl methyl sites for hydroxylation is 2. The molecule has 7 nitrogen and oxygen atoms in total. The molecule has 0 aliphatic carbocycles. The summed E-state index contributed by atoms with van der Waals surface area (Å²) in [6.45, 7) is 3.20. The maximum Gasteiger partial charge on any atom is 0.272 e. The standard InChI is InChI=1S/C22H24N6OS2/c1-3-4-5-8-12-27-16-10-7-6-9-15(16)23-22(27)31-14-18-24-25-21-26(2)20(29)19-17(28(18)21)11-13-30-19/h6-7,9-11,13H,3-5,8,12,14H2,1-2H3. The van der Waals surface area contributed by atoms with Crippen molar-refractivity contribution in [1.29, 1.82) is 0 Å². The first kappa shape index (κ1) is 20.3. The second kappa shape index (κ2) is 8.47. The van der Waals surface area contributed by atoms with E-state index in [2.05, 4.69) is 39.9 Å². The van der Waals surface area contributed by atoms with E-state index in [0.29, 0.717) is 11.5 Å². The van der Waals surface area contributed by atoms with Gasteiger partial charge in [0.25, 0.3) is 5.56 Å². The van der Waals surface area contributed by atoms with Gasteiger partial charge in [-0.25, -0.2) is 4.98 Å². The number of aromatic nitrogens is 6. The fourth-order valence-corrected chi connectivity index (χ4v) is 5.76. The zero-order chi connectivity index (χ0) is 21.4. The predicted molar refractivity (Wildman–Crippen MR) is 127 cm³/mol. The highest BCUT2D eigenvalue weighted by Gasteiger charge is 2.17. The van der Waals surface area contributed by atoms with Crippen molar-refractivity contribution in [3.8, 4) is 0 Å². The van der Waals surface area contributed by atoms with E-state index in [1.165, 1.54) is 36.1 Å². The summed E-state index contributed by atoms with van der Waals surface area (Å²) < 4.78 is 6.62. The largest absolute Gasteiger partial charge is 0.319 e. The van der Waals surface area contributed by atoms with E-state index in [1.807, 2.05) is 21.9 Å². The number of para-hydroxylation sites is 2. The van der Waals surface area contributed by atoms with Crippen LogP contribution in [0.25, 0.3) is 27.0 Å². The molecule has 31 heavy (non-hydrogen) atoms. The van der Waals surface area contributed by atoms with Crippen molar-refractivity contribution in [1.82, 2.24) is 28.7 Å². The van der Waals surface area contributed by atoms with Gasteiger partial charge in [0, 0.05) is 13.6 Å². The highest BCUT2D eigenvalue weighted by molar-refractivity contribution is 7.98. The van der Waals surface area contributed by atoms with Crippen LogP contribution in [-0.2, 0) is 19.3 Å². The number of unbranched alkanes of at least 4 members (excludes halogenated alkanes) is 3. The number of fused-ring (bicyclic) bond motifs is 4. The van der Waals surface area contributed by atoms with Gasteiger partial charge < -0.3 is 4.57 Å². The number of nitrogens with zero attached hydrogens (tertiary/aromatic N) is 6. The summed E-state index contributed by atoms with van der Waals surface area (Å²) >= 11 is 3.13. The molecule has 160 valence electrons. The highest BCUT2D eigenvalue weighted by atomic mass is 32.2. The minimum absolute atomic E-state index is 0.0297. The molecular weight excluding hydrogens is 428 g/mol. The van der Waals surface area contributed by atoms with Gasteiger partial charge in [-0.15, -0.1) is 21.5 Å². The van der Waals surface area contributed by atoms with Gasteiger partial charge in [-0.3, -0.25) is 13.8 Å². The average Bonchev–Trinajstić information content (AvgIpc) is 3.50. The number of hydrogen-bond acceptors (Lipinski definition) is 6. The molecule has 1 aromatic carbocycles. The van der Waals surface area contributed by atoms with Gasteiger partial charge in [-0.2, -0.15) is 0 Å². The third-order valence-corrected chi connectivity index (χ3v) is 7.45. The van der Waals surface area contributed by atoms with Crippen LogP contribution in [0, 0.1) is 0 Å². The summed E-state index contributed by atoms with van der Waals surface area (Å²) in [4.78, 5) is 17.4. The number of rotatable bonds is 8. The van der Waals surface area contributed by atoms with Crippen LogP contribution in [0.5, 0.6) is 0 Å². The van der Waals surface area contributed by atoms with Crippen molar-refractivity contribution in [2.45, 2.75) is 50.1 Å². The first-order chi connectivity index (χ1) is 15.2. The highest BCUT2D eigenvalue weighted by Crippen LogP contribution is 2.28. The van der Waals surface area contributed by atoms with Crippen LogP contribution >= 0.6 is 23.1 Å². The van der Waals surface area contributed by atoms with Crippen molar-refractivity contribution < 1.29 is 0 Å². The van der Waals surface area contributed by atoms with Gasteiger partial charge in [-0.1, -0.05) is 50.1 Å². The van der Waals surface area contributed by atoms with Crippen LogP contribution in [0.4, 0.5) is 0 Å². The Hall–Kier alpha value is -2.65. The summed E-state index contributed by atoms with van der Waals surface area (Å²) in [6, 6.07) is 10.3. The van der Waals surface area contributed by atoms with Crippen LogP contribution < -0.4 is 5.56 Å². The van der Waals surface area contributed by atoms with Crippen molar-refractivity contribution in [2.75, 3.05) is 0 Å². The minimum Gasteiger partial charge on any atom is -0.319 e. The van der Waals surface area contributed by atoms with E-state index in [0.717, 1.165) is 39.7 Å². The Kier molecular flexibility index (Phi) is 5.54. The quantitative estimate of drug-likeness (QED) is 0.248. The molecule has 0 bridgehead atoms. The molecule has 4 aromatic heterocycles. The molecule has 0 fully saturated rings. The van der Waals surface area contributed by atoms with Crippen LogP contribution in [0.3, 0.4) is 0 Å². The molecule has 0 N–H and O–H groups in total. The average molecular weight is 453 g/mol. The second-order valence-electron chi connectivity index (χ2n) is 7.63. The van der Waals surface area contributed by atoms with Gasteiger partial charge in [0.2, 0.25) is 5.78 Å². The van der Waals surface area contributed by atoms with Gasteiger partial charge in [0.15, 0.2) is 5.16 Å². The van der Waals surface area contributed by atoms with Gasteiger partial charge in [0.05, 0.1) is 22.3 Å². The van der Waals surface area contributed by atoms with E-state index >= 15 is 0 Å². The van der Waals surface area contributed by atoms with Gasteiger partial charge >= 0.3 is 0 Å². The molecule has 0 amide bonds. The summed E-state index contributed by atoms with van der Waals surface area (Å²) in [7, 11) is 1.75. The maximum atomic E-state index is 12.6. The van der Waals surface area contributed by atoms with Crippen LogP contribution in [0.15, 0.2) is 45.7 Å². The fourth-order valence-electron chi connectivity index (χ4n) is 3.95. The van der Waals surface area contributed by atoms with Gasteiger partial charge in [0.1, 0.15) is 10.5 Å². The Morgan fingerprint density at radius 3 is 2.81 bits per heavy atom. The molecule has 0 saturated carbocycles. The molecule has 0 unspecified atom stereocenters. The predicted octanol–water partition coefficient (Wildman–Crippen LogP) is 4.87. The first-order valence-electron chi connectivity index (χ1n) is 10.6. The SMILES string of the molecule is CCCCCCn1c(SCc2nnc3n(C)c(=O)c4sccc4n23)nc2ccccc21. The maximum absolute atomic E-state index is 12.6. The fraction of sp³-hybridized carbons (Fsp3) is 0.364. The summed E-state index contributed by atoms with van der Waals surface area (Å²) in [5, 5.41) is 11.7. The Balaban J connectivity index is 1.49. The molecule has 0 spiro atoms. The molecular formula is C22H24N6OS2. The number of imidazole rings is 1. The van der Waals surface area contributed by atoms with Crippen LogP contribution in [0.2, 0.25) is 0 Å². The van der Waals surface area contributed by atoms with Crippen molar-refractivity contribution >= 4 is 50.1 Å². The smallest absolute Gasteiger partial charge is 0.272 e. The first-order valence-corrected chi connectivity index (χ1v) is 12.4. The number of benzene rings is 1. The monoisotopic (exact) mass is 452 g/mol. The van der Waals surface area contributed by atoms with Crippen LogP contribution in [-0.4, -0.2) is 28.7 Å². The van der Waals surface area contributed by atoms with E-state index in [-0.39, 0.29) is 5.56 Å². The van der Waals surface area contributed by atoms with E-state index in [4.69, 9.17) is 4.98 Å². The molecule has 0 atom stereocenters. The summed E-state index contributed by atoms with van der Waals surface area (Å²) in [5.74, 6) is 2.02. The topological polar surface area (TPSA) is 70.0 Å². The molecule has 0 saturated heterocycles. The van der Waals surface area contributed by atoms with Crippen molar-refractivity contribution in [2.24, 2.45) is 7.05 Å². The zero-order valence-corrected chi connectivity index (χ0v) is 19.2. The number of thioether (sulfide) groups is 1. The molecule has 9 heteroatoms. The number of hydrogen-bond donors (Lipinski definition) is 0. The number of thiophene rings is 1. The molecule has 0 radical (unpaired) electrons. The van der Waals surface area contributed by atoms with Crippen molar-refractivity contribution in [3.63, 3.8) is 0 Å². The lowest BCUT2D eigenvalue weighted by Crippen LogP contribution is -2.19. The van der Waals surface area contributed by atoms with E-state index < -0.39 is 0 Å². The van der Waals surface area contributed by atoms with E-state index in [9.17, 15) is 4.79 Å². The van der Waals surface area contributed by atoms with Crippen LogP contribution in [0.1, 0.15) is 38.4 Å². The van der Waals surface area contributed by atoms with E-state index in [1.54, 1.807) is 23.4 Å². The Morgan fingerprint density at radius 1 is 1.06 bits per heavy atom. The molecule has 5 aromatic rings. The molecule has 0 aliphatic rings. The lowest BCUT2D eigenvalue weighted by atomic mass is 10.2. The normalized spacial score (nSPS) is 11.9. The van der Waals surface area contributed by atoms with Gasteiger partial charge in [-0.05, 0) is 30.0 Å². The Morgan fingerprint density at radius 2 is 1.94 bits per heavy atom. The zero-order valence-electron chi connectivity index (χ0n) is 17.6. The lowest BCUT2D eigenvalue weighted by molar-refractivity contribution is 0.563. The molecule has 4 heterocycles. The molecule has 5 rings (SSSR count). The summed E-state index contributed by atoms with van der Waals surface area (Å²) in [6.07, 6.45) is 4.86. The molecule has 0 aliphatic heterocycles. The minimum atomic E-state index is -0.0297. The second-order valence-corrected chi connectivity index (χ2v) is 9.49. The Bertz CT molecular complexity index is 1430. The third kappa shape index (κ3) is 3.55. The Labute approximate surface area is 187 Å².